The molecule has 5 aromatic rings. The molecule has 0 aliphatic carbocycles. The summed E-state index contributed by atoms with van der Waals surface area (Å²) < 4.78 is 5.44. The minimum atomic E-state index is -0.442. The minimum absolute atomic E-state index is 0.0697. The third-order valence-corrected chi connectivity index (χ3v) is 6.09. The number of furan rings is 1. The Bertz CT molecular complexity index is 1450. The highest BCUT2D eigenvalue weighted by atomic mass is 32.1. The van der Waals surface area contributed by atoms with Crippen molar-refractivity contribution in [3.63, 3.8) is 0 Å². The van der Waals surface area contributed by atoms with Crippen LogP contribution in [0.4, 0.5) is 0 Å². The van der Waals surface area contributed by atoms with E-state index < -0.39 is 5.91 Å². The quantitative estimate of drug-likeness (QED) is 0.357. The Kier molecular flexibility index (Phi) is 6.13. The Morgan fingerprint density at radius 2 is 1.74 bits per heavy atom. The Hall–Kier alpha value is -4.30. The predicted molar refractivity (Wildman–Crippen MR) is 130 cm³/mol. The summed E-state index contributed by atoms with van der Waals surface area (Å²) in [5, 5.41) is 3.48. The molecule has 0 saturated heterocycles. The highest BCUT2D eigenvalue weighted by Gasteiger charge is 2.16. The fourth-order valence-electron chi connectivity index (χ4n) is 3.60. The first-order valence-electron chi connectivity index (χ1n) is 10.7. The number of hydrogen-bond acceptors (Lipinski definition) is 6. The fourth-order valence-corrected chi connectivity index (χ4v) is 4.43. The van der Waals surface area contributed by atoms with Gasteiger partial charge in [0, 0.05) is 17.2 Å². The summed E-state index contributed by atoms with van der Waals surface area (Å²) in [5.41, 5.74) is 8.40. The van der Waals surface area contributed by atoms with Gasteiger partial charge in [0.2, 0.25) is 5.91 Å². The zero-order valence-corrected chi connectivity index (χ0v) is 18.8. The molecule has 0 bridgehead atoms. The van der Waals surface area contributed by atoms with Gasteiger partial charge in [-0.25, -0.2) is 9.97 Å². The number of benzene rings is 2. The molecule has 0 aliphatic heterocycles. The van der Waals surface area contributed by atoms with Crippen LogP contribution < -0.4 is 10.9 Å². The minimum Gasteiger partial charge on any atom is -0.463 e. The number of thiazole rings is 1. The van der Waals surface area contributed by atoms with Gasteiger partial charge in [0.25, 0.3) is 5.91 Å². The van der Waals surface area contributed by atoms with Crippen molar-refractivity contribution in [2.24, 2.45) is 0 Å². The second-order valence-electron chi connectivity index (χ2n) is 7.62. The van der Waals surface area contributed by atoms with Crippen LogP contribution in [-0.2, 0) is 17.6 Å². The van der Waals surface area contributed by atoms with E-state index in [0.29, 0.717) is 33.6 Å². The van der Waals surface area contributed by atoms with Gasteiger partial charge in [0.1, 0.15) is 5.69 Å². The van der Waals surface area contributed by atoms with Gasteiger partial charge in [-0.15, -0.1) is 11.3 Å². The van der Waals surface area contributed by atoms with E-state index in [2.05, 4.69) is 20.8 Å². The number of fused-ring (bicyclic) bond motifs is 1. The van der Waals surface area contributed by atoms with Gasteiger partial charge >= 0.3 is 0 Å². The number of rotatable bonds is 6. The van der Waals surface area contributed by atoms with Crippen molar-refractivity contribution >= 4 is 34.1 Å². The van der Waals surface area contributed by atoms with E-state index >= 15 is 0 Å². The lowest BCUT2D eigenvalue weighted by Gasteiger charge is -2.10. The molecule has 7 nitrogen and oxygen atoms in total. The van der Waals surface area contributed by atoms with Gasteiger partial charge in [0.15, 0.2) is 5.76 Å². The molecular weight excluding hydrogens is 448 g/mol. The normalized spacial score (nSPS) is 10.8. The van der Waals surface area contributed by atoms with Gasteiger partial charge in [-0.1, -0.05) is 48.5 Å². The molecule has 0 spiro atoms. The van der Waals surface area contributed by atoms with Gasteiger partial charge in [-0.3, -0.25) is 20.4 Å². The number of para-hydroxylation sites is 1. The maximum absolute atomic E-state index is 12.9. The number of carbonyl (C=O) groups is 2. The van der Waals surface area contributed by atoms with E-state index in [1.54, 1.807) is 24.5 Å². The van der Waals surface area contributed by atoms with Crippen molar-refractivity contribution < 1.29 is 14.0 Å². The van der Waals surface area contributed by atoms with E-state index in [4.69, 9.17) is 4.42 Å². The first-order chi connectivity index (χ1) is 16.7. The number of nitrogens with one attached hydrogen (secondary N) is 2. The molecule has 2 amide bonds. The Balaban J connectivity index is 1.25. The fraction of sp³-hybridized carbons (Fsp3) is 0.0769. The number of hydrogen-bond donors (Lipinski definition) is 2. The molecule has 3 heterocycles. The number of nitrogens with zero attached hydrogens (tertiary/aromatic N) is 2. The third kappa shape index (κ3) is 4.87. The van der Waals surface area contributed by atoms with E-state index in [1.165, 1.54) is 16.9 Å². The van der Waals surface area contributed by atoms with Crippen LogP contribution >= 0.6 is 11.3 Å². The molecule has 0 atom stereocenters. The van der Waals surface area contributed by atoms with E-state index in [1.807, 2.05) is 60.0 Å². The lowest BCUT2D eigenvalue weighted by atomic mass is 10.1. The molecule has 0 aliphatic rings. The Labute approximate surface area is 199 Å². The molecule has 0 unspecified atom stereocenters. The molecule has 2 aromatic carbocycles. The zero-order valence-electron chi connectivity index (χ0n) is 18.0. The van der Waals surface area contributed by atoms with Crippen molar-refractivity contribution in [3.05, 3.63) is 106 Å². The predicted octanol–water partition coefficient (Wildman–Crippen LogP) is 4.55. The van der Waals surface area contributed by atoms with Crippen LogP contribution in [-0.4, -0.2) is 21.8 Å². The van der Waals surface area contributed by atoms with Gasteiger partial charge < -0.3 is 4.42 Å². The third-order valence-electron chi connectivity index (χ3n) is 5.19. The summed E-state index contributed by atoms with van der Waals surface area (Å²) in [6, 6.07) is 22.6. The number of pyridine rings is 1. The first kappa shape index (κ1) is 21.5. The summed E-state index contributed by atoms with van der Waals surface area (Å²) in [5.74, 6) is -0.240. The summed E-state index contributed by atoms with van der Waals surface area (Å²) in [6.45, 7) is 0. The van der Waals surface area contributed by atoms with Crippen molar-refractivity contribution in [1.82, 2.24) is 20.8 Å². The summed E-state index contributed by atoms with van der Waals surface area (Å²) >= 11 is 1.51. The van der Waals surface area contributed by atoms with Crippen LogP contribution in [0.5, 0.6) is 0 Å². The average molecular weight is 469 g/mol. The number of hydrazine groups is 1. The SMILES string of the molecule is O=C(Cc1csc(Cc2ccccc2)n1)NNC(=O)c1cc(-c2ccco2)nc2ccccc12. The van der Waals surface area contributed by atoms with Crippen LogP contribution in [0.25, 0.3) is 22.4 Å². The number of aromatic nitrogens is 2. The standard InChI is InChI=1S/C26H20N4O3S/c31-24(14-18-16-34-25(27-18)13-17-7-2-1-3-8-17)29-30-26(32)20-15-22(23-11-6-12-33-23)28-21-10-5-4-9-19(20)21/h1-12,15-16H,13-14H2,(H,29,31)(H,30,32). The molecule has 2 N–H and O–H groups in total. The maximum Gasteiger partial charge on any atom is 0.270 e. The van der Waals surface area contributed by atoms with Crippen molar-refractivity contribution in [1.29, 1.82) is 0 Å². The average Bonchev–Trinajstić information content (AvgIpc) is 3.55. The van der Waals surface area contributed by atoms with Crippen LogP contribution in [0.1, 0.15) is 26.6 Å². The van der Waals surface area contributed by atoms with Crippen molar-refractivity contribution in [2.45, 2.75) is 12.8 Å². The monoisotopic (exact) mass is 468 g/mol. The largest absolute Gasteiger partial charge is 0.463 e. The van der Waals surface area contributed by atoms with Crippen LogP contribution in [0, 0.1) is 0 Å². The van der Waals surface area contributed by atoms with Gasteiger partial charge in [0.05, 0.1) is 34.5 Å². The summed E-state index contributed by atoms with van der Waals surface area (Å²) in [4.78, 5) is 34.5. The summed E-state index contributed by atoms with van der Waals surface area (Å²) in [6.07, 6.45) is 2.34. The zero-order chi connectivity index (χ0) is 23.3. The molecular formula is C26H20N4O3S. The maximum atomic E-state index is 12.9. The number of carbonyl (C=O) groups excluding carboxylic acids is 2. The highest BCUT2D eigenvalue weighted by molar-refractivity contribution is 7.09. The lowest BCUT2D eigenvalue weighted by molar-refractivity contribution is -0.121. The van der Waals surface area contributed by atoms with Crippen LogP contribution in [0.15, 0.2) is 88.9 Å². The molecule has 0 saturated carbocycles. The lowest BCUT2D eigenvalue weighted by Crippen LogP contribution is -2.42. The molecule has 3 aromatic heterocycles. The summed E-state index contributed by atoms with van der Waals surface area (Å²) in [7, 11) is 0. The van der Waals surface area contributed by atoms with Crippen LogP contribution in [0.3, 0.4) is 0 Å². The van der Waals surface area contributed by atoms with Crippen LogP contribution in [0.2, 0.25) is 0 Å². The van der Waals surface area contributed by atoms with E-state index in [-0.39, 0.29) is 12.3 Å². The van der Waals surface area contributed by atoms with Gasteiger partial charge in [-0.05, 0) is 29.8 Å². The van der Waals surface area contributed by atoms with Gasteiger partial charge in [-0.2, -0.15) is 0 Å². The van der Waals surface area contributed by atoms with Crippen molar-refractivity contribution in [3.8, 4) is 11.5 Å². The molecule has 8 heteroatoms. The Morgan fingerprint density at radius 1 is 0.912 bits per heavy atom. The molecule has 5 rings (SSSR count). The van der Waals surface area contributed by atoms with E-state index in [0.717, 1.165) is 11.4 Å². The second kappa shape index (κ2) is 9.68. The first-order valence-corrected chi connectivity index (χ1v) is 11.5. The second-order valence-corrected chi connectivity index (χ2v) is 8.57. The highest BCUT2D eigenvalue weighted by Crippen LogP contribution is 2.25. The smallest absolute Gasteiger partial charge is 0.270 e. The number of amides is 2. The van der Waals surface area contributed by atoms with Crippen molar-refractivity contribution in [2.75, 3.05) is 0 Å². The molecule has 0 radical (unpaired) electrons. The topological polar surface area (TPSA) is 97.1 Å². The van der Waals surface area contributed by atoms with E-state index in [9.17, 15) is 9.59 Å². The Morgan fingerprint density at radius 3 is 2.56 bits per heavy atom. The molecule has 0 fully saturated rings. The molecule has 168 valence electrons. The molecule has 34 heavy (non-hydrogen) atoms.